The van der Waals surface area contributed by atoms with Crippen molar-refractivity contribution in [2.75, 3.05) is 5.32 Å². The van der Waals surface area contributed by atoms with E-state index in [-0.39, 0.29) is 0 Å². The average molecular weight is 419 g/mol. The van der Waals surface area contributed by atoms with Crippen LogP contribution in [0.25, 0.3) is 0 Å². The lowest BCUT2D eigenvalue weighted by Gasteiger charge is -2.34. The van der Waals surface area contributed by atoms with E-state index < -0.39 is 41.8 Å². The van der Waals surface area contributed by atoms with Crippen molar-refractivity contribution in [3.8, 4) is 0 Å². The van der Waals surface area contributed by atoms with Gasteiger partial charge in [-0.15, -0.1) is 0 Å². The highest BCUT2D eigenvalue weighted by atomic mass is 19.4. The molecule has 0 aromatic heterocycles. The topological polar surface area (TPSA) is 38.3 Å². The number of carbonyl (C=O) groups is 1. The number of benzene rings is 1. The van der Waals surface area contributed by atoms with E-state index in [1.54, 1.807) is 0 Å². The van der Waals surface area contributed by atoms with Crippen LogP contribution in [0.3, 0.4) is 0 Å². The first kappa shape index (κ1) is 22.9. The number of ether oxygens (including phenoxy) is 1. The summed E-state index contributed by atoms with van der Waals surface area (Å²) in [5.74, 6) is -16.5. The lowest BCUT2D eigenvalue weighted by atomic mass is 10.2. The van der Waals surface area contributed by atoms with Crippen molar-refractivity contribution in [2.24, 2.45) is 0 Å². The highest BCUT2D eigenvalue weighted by Gasteiger charge is 2.79. The number of halogens is 11. The van der Waals surface area contributed by atoms with Gasteiger partial charge < -0.3 is 5.32 Å². The molecule has 1 unspecified atom stereocenters. The number of rotatable bonds is 5. The zero-order chi connectivity index (χ0) is 21.5. The average Bonchev–Trinajstić information content (AvgIpc) is 2.46. The fourth-order valence-corrected chi connectivity index (χ4v) is 1.49. The Morgan fingerprint density at radius 1 is 0.815 bits per heavy atom. The quantitative estimate of drug-likeness (QED) is 0.685. The number of carbonyl (C=O) groups excluding carboxylic acids is 1. The van der Waals surface area contributed by atoms with E-state index in [1.165, 1.54) is 19.1 Å². The highest BCUT2D eigenvalue weighted by molar-refractivity contribution is 5.96. The van der Waals surface area contributed by atoms with Gasteiger partial charge in [0.15, 0.2) is 0 Å². The van der Waals surface area contributed by atoms with Crippen molar-refractivity contribution in [1.29, 1.82) is 0 Å². The summed E-state index contributed by atoms with van der Waals surface area (Å²) in [6.07, 6.45) is -20.9. The van der Waals surface area contributed by atoms with E-state index in [0.717, 1.165) is 17.4 Å². The van der Waals surface area contributed by atoms with Crippen molar-refractivity contribution >= 4 is 11.6 Å². The molecule has 0 saturated carbocycles. The number of hydrogen-bond donors (Lipinski definition) is 1. The first-order valence-corrected chi connectivity index (χ1v) is 6.51. The molecule has 0 heterocycles. The van der Waals surface area contributed by atoms with Gasteiger partial charge >= 0.3 is 30.2 Å². The summed E-state index contributed by atoms with van der Waals surface area (Å²) in [5.41, 5.74) is -0.102. The van der Waals surface area contributed by atoms with Gasteiger partial charge in [0.2, 0.25) is 0 Å². The Kier molecular flexibility index (Phi) is 5.77. The molecule has 1 aromatic carbocycles. The van der Waals surface area contributed by atoms with E-state index in [2.05, 4.69) is 4.74 Å². The first-order chi connectivity index (χ1) is 11.8. The molecule has 0 saturated heterocycles. The minimum atomic E-state index is -7.23. The third-order valence-electron chi connectivity index (χ3n) is 2.96. The smallest absolute Gasteiger partial charge is 0.321 e. The fraction of sp³-hybridized carbons (Fsp3) is 0.462. The summed E-state index contributed by atoms with van der Waals surface area (Å²) >= 11 is 0. The van der Waals surface area contributed by atoms with Gasteiger partial charge in [0.25, 0.3) is 5.91 Å². The van der Waals surface area contributed by atoms with Crippen LogP contribution >= 0.6 is 0 Å². The Balaban J connectivity index is 3.27. The number of amides is 1. The van der Waals surface area contributed by atoms with E-state index in [0.29, 0.717) is 5.56 Å². The Labute approximate surface area is 143 Å². The number of anilines is 1. The summed E-state index contributed by atoms with van der Waals surface area (Å²) in [5, 5.41) is 1.11. The lowest BCUT2D eigenvalue weighted by molar-refractivity contribution is -0.472. The fourth-order valence-electron chi connectivity index (χ4n) is 1.49. The monoisotopic (exact) mass is 419 g/mol. The zero-order valence-corrected chi connectivity index (χ0v) is 12.8. The third kappa shape index (κ3) is 4.42. The lowest BCUT2D eigenvalue weighted by Crippen LogP contribution is -2.62. The molecule has 1 amide bonds. The molecule has 0 spiro atoms. The Bertz CT molecular complexity index is 681. The van der Waals surface area contributed by atoms with E-state index in [9.17, 15) is 53.1 Å². The maximum atomic E-state index is 13.9. The van der Waals surface area contributed by atoms with Gasteiger partial charge in [-0.3, -0.25) is 9.53 Å². The number of alkyl halides is 11. The second-order valence-corrected chi connectivity index (χ2v) is 5.10. The molecule has 0 aliphatic carbocycles. The molecule has 0 aliphatic heterocycles. The van der Waals surface area contributed by atoms with Gasteiger partial charge in [-0.05, 0) is 19.1 Å². The largest absolute Gasteiger partial charge is 0.462 e. The molecule has 1 aromatic rings. The number of aryl methyl sites for hydroxylation is 1. The van der Waals surface area contributed by atoms with Crippen LogP contribution in [0.1, 0.15) is 5.56 Å². The molecule has 27 heavy (non-hydrogen) atoms. The Morgan fingerprint density at radius 3 is 1.63 bits per heavy atom. The Morgan fingerprint density at radius 2 is 1.26 bits per heavy atom. The van der Waals surface area contributed by atoms with Crippen LogP contribution in [0.4, 0.5) is 54.0 Å². The molecular formula is C13H8F11NO2. The summed E-state index contributed by atoms with van der Waals surface area (Å²) < 4.78 is 142. The molecule has 0 bridgehead atoms. The molecule has 0 aliphatic rings. The summed E-state index contributed by atoms with van der Waals surface area (Å²) in [4.78, 5) is 11.4. The van der Waals surface area contributed by atoms with Crippen molar-refractivity contribution in [1.82, 2.24) is 0 Å². The van der Waals surface area contributed by atoms with Crippen LogP contribution in [0.15, 0.2) is 24.3 Å². The van der Waals surface area contributed by atoms with E-state index >= 15 is 0 Å². The minimum Gasteiger partial charge on any atom is -0.321 e. The molecule has 3 nitrogen and oxygen atoms in total. The minimum absolute atomic E-state index is 0.503. The predicted octanol–water partition coefficient (Wildman–Crippen LogP) is 4.97. The molecular weight excluding hydrogens is 411 g/mol. The maximum absolute atomic E-state index is 13.9. The van der Waals surface area contributed by atoms with Crippen LogP contribution in [-0.2, 0) is 9.53 Å². The van der Waals surface area contributed by atoms with Gasteiger partial charge in [-0.25, -0.2) is 0 Å². The second kappa shape index (κ2) is 6.80. The summed E-state index contributed by atoms with van der Waals surface area (Å²) in [7, 11) is 0. The zero-order valence-electron chi connectivity index (χ0n) is 12.8. The molecule has 1 N–H and O–H groups in total. The van der Waals surface area contributed by atoms with Crippen LogP contribution < -0.4 is 5.32 Å². The SMILES string of the molecule is Cc1ccc(NC(=O)C(F)(OC(F)(F)C(F)(F)C(F)(F)F)C(F)(F)F)cc1. The number of nitrogens with one attached hydrogen (secondary N) is 1. The van der Waals surface area contributed by atoms with Gasteiger partial charge in [0.1, 0.15) is 0 Å². The highest BCUT2D eigenvalue weighted by Crippen LogP contribution is 2.51. The van der Waals surface area contributed by atoms with Crippen molar-refractivity contribution in [2.45, 2.75) is 37.2 Å². The molecule has 0 radical (unpaired) electrons. The van der Waals surface area contributed by atoms with Gasteiger partial charge in [0, 0.05) is 5.69 Å². The van der Waals surface area contributed by atoms with Crippen LogP contribution in [0.2, 0.25) is 0 Å². The maximum Gasteiger partial charge on any atom is 0.462 e. The number of hydrogen-bond acceptors (Lipinski definition) is 2. The summed E-state index contributed by atoms with van der Waals surface area (Å²) in [6.45, 7) is 1.49. The van der Waals surface area contributed by atoms with Crippen LogP contribution in [0.5, 0.6) is 0 Å². The van der Waals surface area contributed by atoms with Crippen LogP contribution in [0, 0.1) is 6.92 Å². The Hall–Kier alpha value is -2.12. The first-order valence-electron chi connectivity index (χ1n) is 6.51. The molecule has 154 valence electrons. The van der Waals surface area contributed by atoms with Gasteiger partial charge in [-0.2, -0.15) is 48.3 Å². The second-order valence-electron chi connectivity index (χ2n) is 5.10. The van der Waals surface area contributed by atoms with E-state index in [1.807, 2.05) is 0 Å². The predicted molar refractivity (Wildman–Crippen MR) is 66.7 cm³/mol. The molecule has 0 fully saturated rings. The third-order valence-corrected chi connectivity index (χ3v) is 2.96. The van der Waals surface area contributed by atoms with Crippen LogP contribution in [-0.4, -0.2) is 36.1 Å². The van der Waals surface area contributed by atoms with Gasteiger partial charge in [-0.1, -0.05) is 17.7 Å². The molecule has 1 rings (SSSR count). The van der Waals surface area contributed by atoms with Crippen molar-refractivity contribution in [3.05, 3.63) is 29.8 Å². The summed E-state index contributed by atoms with van der Waals surface area (Å²) in [6, 6.07) is 4.12. The molecule has 14 heteroatoms. The van der Waals surface area contributed by atoms with E-state index in [4.69, 9.17) is 0 Å². The standard InChI is InChI=1S/C13H8F11NO2/c1-6-2-4-7(5-3-6)25-8(26)9(14,11(17,18)19)27-13(23,24)10(15,16)12(20,21)22/h2-5H,1H3,(H,25,26). The molecule has 1 atom stereocenters. The van der Waals surface area contributed by atoms with Crippen molar-refractivity contribution < 1.29 is 57.8 Å². The van der Waals surface area contributed by atoms with Gasteiger partial charge in [0.05, 0.1) is 0 Å². The van der Waals surface area contributed by atoms with Crippen molar-refractivity contribution in [3.63, 3.8) is 0 Å². The normalized spacial score (nSPS) is 16.0.